The van der Waals surface area contributed by atoms with Gasteiger partial charge in [0, 0.05) is 19.6 Å². The molecule has 0 radical (unpaired) electrons. The lowest BCUT2D eigenvalue weighted by molar-refractivity contribution is -0.123. The van der Waals surface area contributed by atoms with Gasteiger partial charge in [0.25, 0.3) is 5.82 Å². The lowest BCUT2D eigenvalue weighted by Crippen LogP contribution is -2.31. The normalized spacial score (nSPS) is 18.6. The molecule has 1 amide bonds. The third kappa shape index (κ3) is 5.30. The summed E-state index contributed by atoms with van der Waals surface area (Å²) in [5.74, 6) is 0.473. The third-order valence-corrected chi connectivity index (χ3v) is 3.83. The van der Waals surface area contributed by atoms with Crippen LogP contribution in [0.5, 0.6) is 0 Å². The van der Waals surface area contributed by atoms with Crippen LogP contribution in [0.3, 0.4) is 0 Å². The number of rotatable bonds is 8. The quantitative estimate of drug-likeness (QED) is 0.698. The van der Waals surface area contributed by atoms with E-state index in [1.165, 1.54) is 0 Å². The molecule has 1 fully saturated rings. The Kier molecular flexibility index (Phi) is 6.72. The molecule has 1 aromatic rings. The predicted octanol–water partition coefficient (Wildman–Crippen LogP) is 1.61. The van der Waals surface area contributed by atoms with Crippen molar-refractivity contribution in [2.75, 3.05) is 19.8 Å². The smallest absolute Gasteiger partial charge is 0.378 e. The van der Waals surface area contributed by atoms with Gasteiger partial charge in [0.2, 0.25) is 5.91 Å². The second-order valence-electron chi connectivity index (χ2n) is 6.45. The fourth-order valence-corrected chi connectivity index (χ4v) is 2.69. The number of amides is 1. The van der Waals surface area contributed by atoms with Crippen molar-refractivity contribution >= 4 is 11.9 Å². The number of aromatic amines is 1. The van der Waals surface area contributed by atoms with E-state index in [2.05, 4.69) is 34.3 Å². The Morgan fingerprint density at radius 2 is 2.25 bits per heavy atom. The Morgan fingerprint density at radius 3 is 2.88 bits per heavy atom. The molecule has 8 heteroatoms. The molecule has 0 aliphatic carbocycles. The highest BCUT2D eigenvalue weighted by Gasteiger charge is 2.25. The number of hydrogen-bond acceptors (Lipinski definition) is 6. The van der Waals surface area contributed by atoms with Crippen LogP contribution in [-0.4, -0.2) is 46.9 Å². The highest BCUT2D eigenvalue weighted by atomic mass is 16.5. The van der Waals surface area contributed by atoms with Crippen LogP contribution in [0.1, 0.15) is 62.5 Å². The molecule has 24 heavy (non-hydrogen) atoms. The molecule has 1 aliphatic heterocycles. The van der Waals surface area contributed by atoms with E-state index < -0.39 is 5.97 Å². The molecule has 8 nitrogen and oxygen atoms in total. The average molecular weight is 338 g/mol. The SMILES string of the molecule is CCOC(=O)c1n[nH]c(C(CC(C)C)NC(=O)CC2CCOC2)n1. The van der Waals surface area contributed by atoms with Crippen LogP contribution in [0, 0.1) is 11.8 Å². The van der Waals surface area contributed by atoms with E-state index in [1.807, 2.05) is 0 Å². The van der Waals surface area contributed by atoms with E-state index in [4.69, 9.17) is 9.47 Å². The van der Waals surface area contributed by atoms with E-state index in [9.17, 15) is 9.59 Å². The number of nitrogens with one attached hydrogen (secondary N) is 2. The Bertz CT molecular complexity index is 552. The van der Waals surface area contributed by atoms with Crippen LogP contribution in [-0.2, 0) is 14.3 Å². The Morgan fingerprint density at radius 1 is 1.46 bits per heavy atom. The van der Waals surface area contributed by atoms with Crippen molar-refractivity contribution < 1.29 is 19.1 Å². The van der Waals surface area contributed by atoms with Crippen LogP contribution in [0.25, 0.3) is 0 Å². The molecule has 0 bridgehead atoms. The number of hydrogen-bond donors (Lipinski definition) is 2. The van der Waals surface area contributed by atoms with Crippen molar-refractivity contribution in [2.24, 2.45) is 11.8 Å². The standard InChI is InChI=1S/C16H26N4O4/c1-4-24-16(22)15-18-14(19-20-15)12(7-10(2)3)17-13(21)8-11-5-6-23-9-11/h10-12H,4-9H2,1-3H3,(H,17,21)(H,18,19,20). The van der Waals surface area contributed by atoms with Gasteiger partial charge in [0.1, 0.15) is 5.82 Å². The summed E-state index contributed by atoms with van der Waals surface area (Å²) in [5.41, 5.74) is 0. The molecule has 0 spiro atoms. The van der Waals surface area contributed by atoms with Crippen molar-refractivity contribution in [3.63, 3.8) is 0 Å². The summed E-state index contributed by atoms with van der Waals surface area (Å²) >= 11 is 0. The second kappa shape index (κ2) is 8.77. The zero-order chi connectivity index (χ0) is 17.5. The van der Waals surface area contributed by atoms with E-state index in [-0.39, 0.29) is 30.3 Å². The summed E-state index contributed by atoms with van der Waals surface area (Å²) in [7, 11) is 0. The van der Waals surface area contributed by atoms with Gasteiger partial charge >= 0.3 is 5.97 Å². The minimum atomic E-state index is -0.572. The number of aromatic nitrogens is 3. The van der Waals surface area contributed by atoms with E-state index in [0.29, 0.717) is 31.2 Å². The molecule has 2 unspecified atom stereocenters. The van der Waals surface area contributed by atoms with Gasteiger partial charge in [-0.05, 0) is 31.6 Å². The highest BCUT2D eigenvalue weighted by Crippen LogP contribution is 2.21. The van der Waals surface area contributed by atoms with Gasteiger partial charge < -0.3 is 14.8 Å². The first kappa shape index (κ1) is 18.4. The molecule has 2 N–H and O–H groups in total. The van der Waals surface area contributed by atoms with Gasteiger partial charge in [-0.3, -0.25) is 9.89 Å². The number of H-pyrrole nitrogens is 1. The summed E-state index contributed by atoms with van der Waals surface area (Å²) < 4.78 is 10.2. The van der Waals surface area contributed by atoms with E-state index in [0.717, 1.165) is 13.0 Å². The molecular weight excluding hydrogens is 312 g/mol. The topological polar surface area (TPSA) is 106 Å². The first-order chi connectivity index (χ1) is 11.5. The largest absolute Gasteiger partial charge is 0.460 e. The summed E-state index contributed by atoms with van der Waals surface area (Å²) in [6.45, 7) is 7.47. The van der Waals surface area contributed by atoms with Crippen molar-refractivity contribution in [3.05, 3.63) is 11.6 Å². The van der Waals surface area contributed by atoms with Gasteiger partial charge in [-0.1, -0.05) is 13.8 Å². The van der Waals surface area contributed by atoms with Crippen molar-refractivity contribution in [3.8, 4) is 0 Å². The summed E-state index contributed by atoms with van der Waals surface area (Å²) in [4.78, 5) is 28.2. The Hall–Kier alpha value is -1.96. The van der Waals surface area contributed by atoms with Crippen LogP contribution in [0.4, 0.5) is 0 Å². The van der Waals surface area contributed by atoms with Crippen molar-refractivity contribution in [2.45, 2.75) is 46.1 Å². The third-order valence-electron chi connectivity index (χ3n) is 3.83. The molecule has 0 aromatic carbocycles. The Labute approximate surface area is 141 Å². The zero-order valence-corrected chi connectivity index (χ0v) is 14.5. The molecule has 2 heterocycles. The zero-order valence-electron chi connectivity index (χ0n) is 14.5. The first-order valence-electron chi connectivity index (χ1n) is 8.46. The fourth-order valence-electron chi connectivity index (χ4n) is 2.69. The molecule has 1 saturated heterocycles. The maximum Gasteiger partial charge on any atom is 0.378 e. The maximum absolute atomic E-state index is 12.3. The molecule has 0 saturated carbocycles. The van der Waals surface area contributed by atoms with Gasteiger partial charge in [-0.25, -0.2) is 9.78 Å². The summed E-state index contributed by atoms with van der Waals surface area (Å²) in [5, 5.41) is 9.64. The van der Waals surface area contributed by atoms with Crippen LogP contribution in [0.15, 0.2) is 0 Å². The van der Waals surface area contributed by atoms with E-state index in [1.54, 1.807) is 6.92 Å². The number of carbonyl (C=O) groups excluding carboxylic acids is 2. The van der Waals surface area contributed by atoms with Gasteiger partial charge in [0.15, 0.2) is 0 Å². The fraction of sp³-hybridized carbons (Fsp3) is 0.750. The number of carbonyl (C=O) groups is 2. The number of nitrogens with zero attached hydrogens (tertiary/aromatic N) is 2. The molecular formula is C16H26N4O4. The van der Waals surface area contributed by atoms with Crippen molar-refractivity contribution in [1.29, 1.82) is 0 Å². The second-order valence-corrected chi connectivity index (χ2v) is 6.45. The monoisotopic (exact) mass is 338 g/mol. The van der Waals surface area contributed by atoms with Crippen LogP contribution in [0.2, 0.25) is 0 Å². The minimum Gasteiger partial charge on any atom is -0.460 e. The number of esters is 1. The lowest BCUT2D eigenvalue weighted by atomic mass is 10.0. The summed E-state index contributed by atoms with van der Waals surface area (Å²) in [6, 6.07) is -0.310. The van der Waals surface area contributed by atoms with Gasteiger partial charge in [-0.15, -0.1) is 5.10 Å². The average Bonchev–Trinajstić information content (AvgIpc) is 3.17. The van der Waals surface area contributed by atoms with E-state index >= 15 is 0 Å². The lowest BCUT2D eigenvalue weighted by Gasteiger charge is -2.19. The molecule has 2 rings (SSSR count). The molecule has 134 valence electrons. The van der Waals surface area contributed by atoms with Crippen molar-refractivity contribution in [1.82, 2.24) is 20.5 Å². The van der Waals surface area contributed by atoms with Crippen LogP contribution >= 0.6 is 0 Å². The van der Waals surface area contributed by atoms with Gasteiger partial charge in [0.05, 0.1) is 12.6 Å². The number of ether oxygens (including phenoxy) is 2. The predicted molar refractivity (Wildman–Crippen MR) is 86.2 cm³/mol. The minimum absolute atomic E-state index is 0.0148. The first-order valence-corrected chi connectivity index (χ1v) is 8.46. The highest BCUT2D eigenvalue weighted by molar-refractivity contribution is 5.85. The van der Waals surface area contributed by atoms with Gasteiger partial charge in [-0.2, -0.15) is 0 Å². The molecule has 2 atom stereocenters. The maximum atomic E-state index is 12.3. The Balaban J connectivity index is 2.01. The molecule has 1 aliphatic rings. The van der Waals surface area contributed by atoms with Crippen LogP contribution < -0.4 is 5.32 Å². The molecule has 1 aromatic heterocycles. The summed E-state index contributed by atoms with van der Waals surface area (Å²) in [6.07, 6.45) is 2.05.